The summed E-state index contributed by atoms with van der Waals surface area (Å²) in [6.07, 6.45) is -5.10. The average Bonchev–Trinajstić information content (AvgIpc) is 2.82. The number of ether oxygens (including phenoxy) is 3. The van der Waals surface area contributed by atoms with E-state index < -0.39 is 41.5 Å². The second-order valence-corrected chi connectivity index (χ2v) is 7.91. The van der Waals surface area contributed by atoms with Crippen molar-refractivity contribution in [3.63, 3.8) is 0 Å². The van der Waals surface area contributed by atoms with Crippen LogP contribution in [0.3, 0.4) is 0 Å². The molecule has 2 aromatic rings. The van der Waals surface area contributed by atoms with Crippen LogP contribution >= 0.6 is 15.9 Å². The van der Waals surface area contributed by atoms with Gasteiger partial charge in [0.25, 0.3) is 0 Å². The van der Waals surface area contributed by atoms with Crippen LogP contribution in [-0.4, -0.2) is 32.5 Å². The molecule has 0 aromatic heterocycles. The van der Waals surface area contributed by atoms with Gasteiger partial charge in [0.05, 0.1) is 43.0 Å². The molecule has 0 amide bonds. The maximum absolute atomic E-state index is 13.2. The van der Waals surface area contributed by atoms with E-state index in [0.29, 0.717) is 5.56 Å². The van der Waals surface area contributed by atoms with Crippen LogP contribution in [0.5, 0.6) is 5.75 Å². The number of hydrogen-bond acceptors (Lipinski definition) is 8. The van der Waals surface area contributed by atoms with Crippen molar-refractivity contribution in [2.75, 3.05) is 19.1 Å². The van der Waals surface area contributed by atoms with Gasteiger partial charge in [0.1, 0.15) is 11.5 Å². The minimum atomic E-state index is -5.10. The number of nitrogens with two attached hydrogens (primary N) is 1. The van der Waals surface area contributed by atoms with Gasteiger partial charge in [-0.1, -0.05) is 46.3 Å². The Morgan fingerprint density at radius 2 is 1.71 bits per heavy atom. The molecule has 35 heavy (non-hydrogen) atoms. The minimum Gasteiger partial charge on any atom is -0.466 e. The van der Waals surface area contributed by atoms with Crippen molar-refractivity contribution in [3.05, 3.63) is 81.2 Å². The number of carbonyl (C=O) groups excluding carboxylic acids is 2. The summed E-state index contributed by atoms with van der Waals surface area (Å²) in [7, 11) is 2.08. The van der Waals surface area contributed by atoms with Gasteiger partial charge in [0, 0.05) is 4.47 Å². The predicted molar refractivity (Wildman–Crippen MR) is 120 cm³/mol. The van der Waals surface area contributed by atoms with E-state index in [0.717, 1.165) is 25.2 Å². The average molecular weight is 552 g/mol. The van der Waals surface area contributed by atoms with Crippen LogP contribution in [0, 0.1) is 11.3 Å². The molecule has 2 aromatic carbocycles. The predicted octanol–water partition coefficient (Wildman–Crippen LogP) is 4.25. The van der Waals surface area contributed by atoms with Gasteiger partial charge >= 0.3 is 18.3 Å². The third-order valence-electron chi connectivity index (χ3n) is 5.00. The lowest BCUT2D eigenvalue weighted by Crippen LogP contribution is -2.41. The summed E-state index contributed by atoms with van der Waals surface area (Å²) in [5.41, 5.74) is 5.25. The van der Waals surface area contributed by atoms with Gasteiger partial charge in [-0.15, -0.1) is 13.2 Å². The lowest BCUT2D eigenvalue weighted by atomic mass is 9.81. The molecule has 8 nitrogen and oxygen atoms in total. The molecule has 1 aliphatic heterocycles. The van der Waals surface area contributed by atoms with Crippen LogP contribution in [0.1, 0.15) is 11.5 Å². The molecule has 3 rings (SSSR count). The second-order valence-electron chi connectivity index (χ2n) is 7.00. The Hall–Kier alpha value is -3.98. The number of alkyl halides is 3. The van der Waals surface area contributed by atoms with Crippen LogP contribution in [0.2, 0.25) is 0 Å². The van der Waals surface area contributed by atoms with Gasteiger partial charge in [-0.3, -0.25) is 4.90 Å². The van der Waals surface area contributed by atoms with E-state index in [2.05, 4.69) is 20.7 Å². The Labute approximate surface area is 206 Å². The highest BCUT2D eigenvalue weighted by Gasteiger charge is 2.44. The van der Waals surface area contributed by atoms with Crippen molar-refractivity contribution < 1.29 is 37.0 Å². The Balaban J connectivity index is 2.44. The molecule has 2 N–H and O–H groups in total. The molecule has 0 fully saturated rings. The van der Waals surface area contributed by atoms with Crippen molar-refractivity contribution in [2.45, 2.75) is 12.3 Å². The summed E-state index contributed by atoms with van der Waals surface area (Å²) in [4.78, 5) is 26.8. The summed E-state index contributed by atoms with van der Waals surface area (Å²) >= 11 is 3.07. The van der Waals surface area contributed by atoms with Gasteiger partial charge in [0.15, 0.2) is 5.75 Å². The first-order valence-corrected chi connectivity index (χ1v) is 10.5. The number of carbonyl (C=O) groups is 2. The highest BCUT2D eigenvalue weighted by molar-refractivity contribution is 9.10. The van der Waals surface area contributed by atoms with Crippen molar-refractivity contribution in [1.29, 1.82) is 5.26 Å². The summed E-state index contributed by atoms with van der Waals surface area (Å²) in [5, 5.41) is 9.99. The summed E-state index contributed by atoms with van der Waals surface area (Å²) in [5.74, 6) is -4.44. The van der Waals surface area contributed by atoms with Crippen molar-refractivity contribution in [1.82, 2.24) is 0 Å². The molecule has 1 aliphatic rings. The number of benzene rings is 2. The molecule has 0 aliphatic carbocycles. The number of rotatable bonds is 5. The molecule has 182 valence electrons. The molecule has 12 heteroatoms. The van der Waals surface area contributed by atoms with E-state index in [-0.39, 0.29) is 21.3 Å². The Kier molecular flexibility index (Phi) is 7.40. The van der Waals surface area contributed by atoms with E-state index >= 15 is 0 Å². The van der Waals surface area contributed by atoms with Crippen molar-refractivity contribution in [3.8, 4) is 11.8 Å². The molecule has 0 saturated carbocycles. The fourth-order valence-corrected chi connectivity index (χ4v) is 3.98. The molecule has 0 saturated heterocycles. The Bertz CT molecular complexity index is 1270. The van der Waals surface area contributed by atoms with E-state index in [9.17, 15) is 28.0 Å². The van der Waals surface area contributed by atoms with E-state index in [4.69, 9.17) is 15.2 Å². The normalized spacial score (nSPS) is 16.0. The number of methoxy groups -OCH3 is 2. The fraction of sp³-hybridized carbons (Fsp3) is 0.174. The largest absolute Gasteiger partial charge is 0.573 e. The van der Waals surface area contributed by atoms with Gasteiger partial charge in [-0.2, -0.15) is 5.26 Å². The third kappa shape index (κ3) is 5.09. The third-order valence-corrected chi connectivity index (χ3v) is 5.49. The zero-order valence-corrected chi connectivity index (χ0v) is 19.8. The first-order valence-electron chi connectivity index (χ1n) is 9.75. The van der Waals surface area contributed by atoms with Gasteiger partial charge in [0.2, 0.25) is 0 Å². The maximum Gasteiger partial charge on any atom is 0.573 e. The molecule has 0 spiro atoms. The molecular weight excluding hydrogens is 535 g/mol. The number of nitrogens with zero attached hydrogens (tertiary/aromatic N) is 2. The first-order chi connectivity index (χ1) is 16.5. The van der Waals surface area contributed by atoms with Gasteiger partial charge in [-0.25, -0.2) is 9.59 Å². The summed E-state index contributed by atoms with van der Waals surface area (Å²) in [6, 6.07) is 13.6. The van der Waals surface area contributed by atoms with Crippen LogP contribution < -0.4 is 15.4 Å². The van der Waals surface area contributed by atoms with Crippen LogP contribution in [0.4, 0.5) is 18.9 Å². The maximum atomic E-state index is 13.2. The summed E-state index contributed by atoms with van der Waals surface area (Å²) in [6.45, 7) is 0. The number of esters is 2. The fourth-order valence-electron chi connectivity index (χ4n) is 3.64. The smallest absolute Gasteiger partial charge is 0.466 e. The standard InChI is InChI=1S/C23H17BrF3N3O5/c1-33-21(31)18-17(12-6-4-3-5-7-12)14(11-28)20(29)30(19(18)22(32)34-2)15-9-8-13(24)10-16(15)35-23(25,26)27/h3-10,17H,29H2,1-2H3. The molecule has 0 bridgehead atoms. The first kappa shape index (κ1) is 25.6. The van der Waals surface area contributed by atoms with Crippen LogP contribution in [-0.2, 0) is 19.1 Å². The quantitative estimate of drug-likeness (QED) is 0.548. The molecule has 1 unspecified atom stereocenters. The molecule has 0 radical (unpaired) electrons. The Morgan fingerprint density at radius 3 is 2.26 bits per heavy atom. The number of nitriles is 1. The number of anilines is 1. The molecular formula is C23H17BrF3N3O5. The number of allylic oxidation sites excluding steroid dienone is 1. The zero-order valence-electron chi connectivity index (χ0n) is 18.2. The second kappa shape index (κ2) is 10.1. The lowest BCUT2D eigenvalue weighted by molar-refractivity contribution is -0.274. The number of halogens is 4. The lowest BCUT2D eigenvalue weighted by Gasteiger charge is -2.36. The Morgan fingerprint density at radius 1 is 1.09 bits per heavy atom. The monoisotopic (exact) mass is 551 g/mol. The zero-order chi connectivity index (χ0) is 25.9. The van der Waals surface area contributed by atoms with E-state index in [1.165, 1.54) is 12.1 Å². The van der Waals surface area contributed by atoms with Crippen LogP contribution in [0.25, 0.3) is 0 Å². The number of hydrogen-bond donors (Lipinski definition) is 1. The SMILES string of the molecule is COC(=O)C1=C(C(=O)OC)N(c2ccc(Br)cc2OC(F)(F)F)C(N)=C(C#N)C1c1ccccc1. The van der Waals surface area contributed by atoms with Crippen molar-refractivity contribution >= 4 is 33.6 Å². The van der Waals surface area contributed by atoms with Gasteiger partial charge in [-0.05, 0) is 23.8 Å². The van der Waals surface area contributed by atoms with E-state index in [1.54, 1.807) is 30.3 Å². The van der Waals surface area contributed by atoms with Crippen LogP contribution in [0.15, 0.2) is 75.7 Å². The summed E-state index contributed by atoms with van der Waals surface area (Å²) < 4.78 is 53.7. The minimum absolute atomic E-state index is 0.204. The molecule has 1 heterocycles. The van der Waals surface area contributed by atoms with Gasteiger partial charge < -0.3 is 19.9 Å². The molecule has 1 atom stereocenters. The van der Waals surface area contributed by atoms with Crippen molar-refractivity contribution in [2.24, 2.45) is 5.73 Å². The van der Waals surface area contributed by atoms with E-state index in [1.807, 2.05) is 6.07 Å². The highest BCUT2D eigenvalue weighted by Crippen LogP contribution is 2.46. The topological polar surface area (TPSA) is 115 Å². The highest BCUT2D eigenvalue weighted by atomic mass is 79.9.